The highest BCUT2D eigenvalue weighted by molar-refractivity contribution is 7.85. The number of aromatic nitrogens is 2. The normalized spacial score (nSPS) is 17.0. The third-order valence-corrected chi connectivity index (χ3v) is 7.21. The molecule has 44 heavy (non-hydrogen) atoms. The van der Waals surface area contributed by atoms with E-state index in [2.05, 4.69) is 40.6 Å². The average Bonchev–Trinajstić information content (AvgIpc) is 3.34. The van der Waals surface area contributed by atoms with Crippen molar-refractivity contribution in [2.75, 3.05) is 26.0 Å². The van der Waals surface area contributed by atoms with E-state index in [0.717, 1.165) is 67.5 Å². The Morgan fingerprint density at radius 1 is 1.16 bits per heavy atom. The first-order valence-electron chi connectivity index (χ1n) is 14.7. The molecule has 1 saturated heterocycles. The number of rotatable bonds is 11. The van der Waals surface area contributed by atoms with Gasteiger partial charge in [0.15, 0.2) is 0 Å². The number of carbonyl (C=O) groups is 1. The Kier molecular flexibility index (Phi) is 11.6. The molecule has 11 heteroatoms. The summed E-state index contributed by atoms with van der Waals surface area (Å²) >= 11 is 0. The van der Waals surface area contributed by atoms with Crippen LogP contribution in [0.1, 0.15) is 50.2 Å². The summed E-state index contributed by atoms with van der Waals surface area (Å²) in [5.74, 6) is -0.305. The number of fused-ring (bicyclic) bond motifs is 1. The summed E-state index contributed by atoms with van der Waals surface area (Å²) in [6.45, 7) is 4.54. The number of halogens is 1. The minimum atomic E-state index is -3.67. The van der Waals surface area contributed by atoms with Crippen LogP contribution < -0.4 is 5.32 Å². The monoisotopic (exact) mass is 622 g/mol. The molecular weight excluding hydrogens is 583 g/mol. The van der Waals surface area contributed by atoms with Crippen LogP contribution in [0.15, 0.2) is 84.6 Å². The summed E-state index contributed by atoms with van der Waals surface area (Å²) in [6, 6.07) is 16.0. The summed E-state index contributed by atoms with van der Waals surface area (Å²) in [6.07, 6.45) is 14.9. The number of allylic oxidation sites excluding steroid dienone is 5. The van der Waals surface area contributed by atoms with Crippen LogP contribution in [-0.2, 0) is 19.6 Å². The Labute approximate surface area is 257 Å². The van der Waals surface area contributed by atoms with Gasteiger partial charge in [0.2, 0.25) is 11.9 Å². The van der Waals surface area contributed by atoms with E-state index in [9.17, 15) is 17.6 Å². The zero-order valence-corrected chi connectivity index (χ0v) is 25.8. The van der Waals surface area contributed by atoms with E-state index in [1.54, 1.807) is 6.08 Å². The van der Waals surface area contributed by atoms with Crippen LogP contribution in [0.2, 0.25) is 0 Å². The van der Waals surface area contributed by atoms with Gasteiger partial charge >= 0.3 is 0 Å². The van der Waals surface area contributed by atoms with E-state index in [1.165, 1.54) is 5.57 Å². The summed E-state index contributed by atoms with van der Waals surface area (Å²) in [5, 5.41) is 10.3. The molecule has 1 unspecified atom stereocenters. The smallest absolute Gasteiger partial charge is 0.261 e. The van der Waals surface area contributed by atoms with Gasteiger partial charge in [-0.1, -0.05) is 55.5 Å². The van der Waals surface area contributed by atoms with Gasteiger partial charge in [-0.3, -0.25) is 14.4 Å². The Bertz CT molecular complexity index is 1650. The predicted molar refractivity (Wildman–Crippen MR) is 171 cm³/mol. The van der Waals surface area contributed by atoms with Gasteiger partial charge in [0.1, 0.15) is 6.23 Å². The molecule has 2 aliphatic rings. The van der Waals surface area contributed by atoms with Gasteiger partial charge in [-0.05, 0) is 84.2 Å². The maximum absolute atomic E-state index is 14.4. The molecule has 234 valence electrons. The lowest BCUT2D eigenvalue weighted by Gasteiger charge is -2.29. The molecule has 1 fully saturated rings. The van der Waals surface area contributed by atoms with Crippen LogP contribution in [-0.4, -0.2) is 66.2 Å². The Balaban J connectivity index is 0.000000818. The fraction of sp³-hybridized carbons (Fsp3) is 0.333. The number of dihydropyridines is 1. The number of nitrogens with one attached hydrogen (secondary N) is 2. The largest absolute Gasteiger partial charge is 0.362 e. The van der Waals surface area contributed by atoms with E-state index >= 15 is 0 Å². The number of aromatic amines is 1. The lowest BCUT2D eigenvalue weighted by molar-refractivity contribution is -0.129. The highest BCUT2D eigenvalue weighted by atomic mass is 32.2. The highest BCUT2D eigenvalue weighted by Crippen LogP contribution is 2.36. The lowest BCUT2D eigenvalue weighted by Crippen LogP contribution is -2.41. The number of nitrogens with zero attached hydrogens (tertiary/aromatic N) is 2. The summed E-state index contributed by atoms with van der Waals surface area (Å²) in [7, 11) is -3.67. The number of H-pyrrole nitrogens is 1. The zero-order chi connectivity index (χ0) is 31.5. The molecule has 5 rings (SSSR count). The summed E-state index contributed by atoms with van der Waals surface area (Å²) in [4.78, 5) is 13.7. The van der Waals surface area contributed by atoms with Crippen LogP contribution in [0.25, 0.3) is 22.0 Å². The molecule has 1 amide bonds. The molecule has 1 atom stereocenters. The number of unbranched alkanes of at least 4 members (excludes halogenated alkanes) is 2. The van der Waals surface area contributed by atoms with Crippen molar-refractivity contribution in [1.82, 2.24) is 20.4 Å². The van der Waals surface area contributed by atoms with Crippen molar-refractivity contribution in [3.63, 3.8) is 0 Å². The van der Waals surface area contributed by atoms with Gasteiger partial charge in [-0.25, -0.2) is 0 Å². The van der Waals surface area contributed by atoms with E-state index < -0.39 is 16.1 Å². The van der Waals surface area contributed by atoms with Crippen LogP contribution in [0, 0.1) is 5.95 Å². The van der Waals surface area contributed by atoms with Gasteiger partial charge in [-0.15, -0.1) is 0 Å². The maximum Gasteiger partial charge on any atom is 0.261 e. The van der Waals surface area contributed by atoms with Gasteiger partial charge < -0.3 is 15.0 Å². The Hall–Kier alpha value is -4.06. The van der Waals surface area contributed by atoms with Crippen LogP contribution in [0.5, 0.6) is 0 Å². The molecule has 0 aliphatic carbocycles. The van der Waals surface area contributed by atoms with Crippen LogP contribution in [0.3, 0.4) is 0 Å². The molecule has 1 aromatic heterocycles. The number of hydrogen-bond donors (Lipinski definition) is 3. The first kappa shape index (κ1) is 32.8. The zero-order valence-electron chi connectivity index (χ0n) is 25.0. The molecular formula is C33H39FN4O5S. The van der Waals surface area contributed by atoms with Gasteiger partial charge in [0.25, 0.3) is 10.1 Å². The van der Waals surface area contributed by atoms with Crippen molar-refractivity contribution in [2.24, 2.45) is 0 Å². The predicted octanol–water partition coefficient (Wildman–Crippen LogP) is 5.87. The molecule has 9 nitrogen and oxygen atoms in total. The molecule has 2 aromatic carbocycles. The first-order chi connectivity index (χ1) is 21.1. The third-order valence-electron chi connectivity index (χ3n) is 7.21. The fourth-order valence-electron chi connectivity index (χ4n) is 4.94. The second-order valence-corrected chi connectivity index (χ2v) is 12.0. The molecule has 0 radical (unpaired) electrons. The molecule has 3 N–H and O–H groups in total. The summed E-state index contributed by atoms with van der Waals surface area (Å²) in [5.41, 5.74) is 5.91. The average molecular weight is 623 g/mol. The van der Waals surface area contributed by atoms with Crippen molar-refractivity contribution in [2.45, 2.75) is 45.3 Å². The standard InChI is InChI=1S/C32H35FN4O2.CH4O3S/c1-2-26(23-11-6-5-7-12-23)31(24-14-16-28-27(21-24)32(33)36-35-28)25-15-17-29(34-22-25)39-20-9-4-3-8-13-30(38)37-18-10-19-37;1-5(2,3)4/h5-8,11-17,21-22,29,34H,2-4,9-10,18-20H2,1H3,(H,35,36);1H3,(H,2,3,4)/b13-8+,31-26-;. The van der Waals surface area contributed by atoms with Crippen molar-refractivity contribution >= 4 is 38.1 Å². The minimum absolute atomic E-state index is 0.123. The molecule has 2 aliphatic heterocycles. The summed E-state index contributed by atoms with van der Waals surface area (Å²) < 4.78 is 46.3. The Morgan fingerprint density at radius 3 is 2.55 bits per heavy atom. The van der Waals surface area contributed by atoms with Gasteiger partial charge in [0, 0.05) is 25.9 Å². The van der Waals surface area contributed by atoms with Crippen molar-refractivity contribution < 1.29 is 26.9 Å². The highest BCUT2D eigenvalue weighted by Gasteiger charge is 2.19. The number of hydrogen-bond acceptors (Lipinski definition) is 6. The van der Waals surface area contributed by atoms with E-state index in [0.29, 0.717) is 23.8 Å². The SMILES string of the molecule is CC/C(=C(/C1=CNC(OCCCC/C=C/C(=O)N2CCC2)C=C1)c1ccc2n[nH]c(F)c2c1)c1ccccc1.CS(=O)(=O)O. The quantitative estimate of drug-likeness (QED) is 0.106. The van der Waals surface area contributed by atoms with Crippen molar-refractivity contribution in [3.8, 4) is 0 Å². The lowest BCUT2D eigenvalue weighted by atomic mass is 9.87. The van der Waals surface area contributed by atoms with Gasteiger partial charge in [0.05, 0.1) is 17.2 Å². The number of benzene rings is 2. The minimum Gasteiger partial charge on any atom is -0.362 e. The second-order valence-electron chi connectivity index (χ2n) is 10.6. The first-order valence-corrected chi connectivity index (χ1v) is 16.6. The number of likely N-dealkylation sites (tertiary alicyclic amines) is 1. The van der Waals surface area contributed by atoms with E-state index in [-0.39, 0.29) is 12.1 Å². The topological polar surface area (TPSA) is 125 Å². The van der Waals surface area contributed by atoms with Crippen LogP contribution >= 0.6 is 0 Å². The Morgan fingerprint density at radius 2 is 1.91 bits per heavy atom. The molecule has 0 bridgehead atoms. The van der Waals surface area contributed by atoms with Crippen molar-refractivity contribution in [3.05, 3.63) is 102 Å². The number of carbonyl (C=O) groups excluding carboxylic acids is 1. The molecule has 3 heterocycles. The fourth-order valence-corrected chi connectivity index (χ4v) is 4.94. The van der Waals surface area contributed by atoms with Gasteiger partial charge in [-0.2, -0.15) is 17.9 Å². The molecule has 3 aromatic rings. The van der Waals surface area contributed by atoms with E-state index in [1.807, 2.05) is 59.7 Å². The number of amides is 1. The molecule has 0 spiro atoms. The van der Waals surface area contributed by atoms with E-state index in [4.69, 9.17) is 9.29 Å². The van der Waals surface area contributed by atoms with Crippen LogP contribution in [0.4, 0.5) is 4.39 Å². The maximum atomic E-state index is 14.4. The number of ether oxygens (including phenoxy) is 1. The van der Waals surface area contributed by atoms with Crippen molar-refractivity contribution in [1.29, 1.82) is 0 Å². The second kappa shape index (κ2) is 15.6. The third kappa shape index (κ3) is 9.47. The molecule has 0 saturated carbocycles.